The van der Waals surface area contributed by atoms with Crippen LogP contribution in [0.3, 0.4) is 0 Å². The molecule has 0 amide bonds. The monoisotopic (exact) mass is 272 g/mol. The van der Waals surface area contributed by atoms with E-state index in [-0.39, 0.29) is 23.9 Å². The van der Waals surface area contributed by atoms with Crippen LogP contribution in [0.2, 0.25) is 0 Å². The fourth-order valence-corrected chi connectivity index (χ4v) is 1.63. The molecule has 1 aromatic carbocycles. The normalized spacial score (nSPS) is 10.6. The van der Waals surface area contributed by atoms with E-state index in [0.29, 0.717) is 4.47 Å². The van der Waals surface area contributed by atoms with Gasteiger partial charge in [0, 0.05) is 4.47 Å². The molecule has 0 atom stereocenters. The molecule has 6 heteroatoms. The summed E-state index contributed by atoms with van der Waals surface area (Å²) in [6.45, 7) is -0.338. The molecule has 0 aliphatic carbocycles. The Morgan fingerprint density at radius 1 is 1.47 bits per heavy atom. The van der Waals surface area contributed by atoms with Crippen LogP contribution in [0.5, 0.6) is 0 Å². The van der Waals surface area contributed by atoms with Crippen LogP contribution in [0.25, 0.3) is 11.5 Å². The van der Waals surface area contributed by atoms with E-state index in [0.717, 1.165) is 0 Å². The third-order valence-electron chi connectivity index (χ3n) is 1.79. The quantitative estimate of drug-likeness (QED) is 0.910. The van der Waals surface area contributed by atoms with Gasteiger partial charge < -0.3 is 9.63 Å². The van der Waals surface area contributed by atoms with Crippen molar-refractivity contribution in [3.8, 4) is 11.5 Å². The Hall–Kier alpha value is -1.27. The Kier molecular flexibility index (Phi) is 2.79. The van der Waals surface area contributed by atoms with Gasteiger partial charge in [0.15, 0.2) is 5.82 Å². The molecule has 2 aromatic rings. The highest BCUT2D eigenvalue weighted by molar-refractivity contribution is 9.10. The Balaban J connectivity index is 2.53. The SMILES string of the molecule is OCc1noc(-c2c(F)cccc2Br)n1. The van der Waals surface area contributed by atoms with Crippen LogP contribution in [-0.4, -0.2) is 15.2 Å². The number of hydrogen-bond acceptors (Lipinski definition) is 4. The van der Waals surface area contributed by atoms with Gasteiger partial charge in [0.1, 0.15) is 12.4 Å². The molecule has 78 valence electrons. The maximum absolute atomic E-state index is 13.4. The zero-order valence-electron chi connectivity index (χ0n) is 7.44. The smallest absolute Gasteiger partial charge is 0.262 e. The first-order chi connectivity index (χ1) is 7.22. The second-order valence-electron chi connectivity index (χ2n) is 2.77. The van der Waals surface area contributed by atoms with Gasteiger partial charge in [-0.25, -0.2) is 4.39 Å². The Bertz CT molecular complexity index is 466. The molecule has 0 radical (unpaired) electrons. The lowest BCUT2D eigenvalue weighted by molar-refractivity contribution is 0.264. The number of hydrogen-bond donors (Lipinski definition) is 1. The third kappa shape index (κ3) is 1.91. The summed E-state index contributed by atoms with van der Waals surface area (Å²) in [5.74, 6) is -0.290. The van der Waals surface area contributed by atoms with Crippen molar-refractivity contribution < 1.29 is 14.0 Å². The summed E-state index contributed by atoms with van der Waals surface area (Å²) in [6, 6.07) is 4.52. The molecule has 15 heavy (non-hydrogen) atoms. The molecular formula is C9H6BrFN2O2. The van der Waals surface area contributed by atoms with Gasteiger partial charge in [0.25, 0.3) is 5.89 Å². The van der Waals surface area contributed by atoms with Gasteiger partial charge in [-0.05, 0) is 28.1 Å². The van der Waals surface area contributed by atoms with Crippen LogP contribution in [0.4, 0.5) is 4.39 Å². The Morgan fingerprint density at radius 3 is 2.87 bits per heavy atom. The van der Waals surface area contributed by atoms with E-state index in [1.807, 2.05) is 0 Å². The summed E-state index contributed by atoms with van der Waals surface area (Å²) in [5, 5.41) is 12.2. The van der Waals surface area contributed by atoms with Gasteiger partial charge in [0.2, 0.25) is 0 Å². The second kappa shape index (κ2) is 4.08. The van der Waals surface area contributed by atoms with Gasteiger partial charge in [-0.2, -0.15) is 4.98 Å². The predicted molar refractivity (Wildman–Crippen MR) is 53.3 cm³/mol. The van der Waals surface area contributed by atoms with E-state index in [4.69, 9.17) is 9.63 Å². The molecule has 1 N–H and O–H groups in total. The lowest BCUT2D eigenvalue weighted by Crippen LogP contribution is -1.88. The average molecular weight is 273 g/mol. The molecule has 0 spiro atoms. The number of aliphatic hydroxyl groups excluding tert-OH is 1. The molecule has 2 rings (SSSR count). The first-order valence-electron chi connectivity index (χ1n) is 4.10. The van der Waals surface area contributed by atoms with Crippen molar-refractivity contribution in [1.29, 1.82) is 0 Å². The highest BCUT2D eigenvalue weighted by Crippen LogP contribution is 2.29. The molecule has 0 aliphatic heterocycles. The van der Waals surface area contributed by atoms with E-state index in [1.54, 1.807) is 12.1 Å². The van der Waals surface area contributed by atoms with Gasteiger partial charge >= 0.3 is 0 Å². The van der Waals surface area contributed by atoms with Crippen LogP contribution in [0.1, 0.15) is 5.82 Å². The van der Waals surface area contributed by atoms with Gasteiger partial charge in [-0.3, -0.25) is 0 Å². The summed E-state index contributed by atoms with van der Waals surface area (Å²) in [5.41, 5.74) is 0.199. The van der Waals surface area contributed by atoms with E-state index >= 15 is 0 Å². The predicted octanol–water partition coefficient (Wildman–Crippen LogP) is 2.13. The van der Waals surface area contributed by atoms with E-state index in [2.05, 4.69) is 26.1 Å². The Labute approximate surface area is 92.9 Å². The minimum Gasteiger partial charge on any atom is -0.388 e. The molecule has 1 heterocycles. The van der Waals surface area contributed by atoms with Crippen molar-refractivity contribution in [2.24, 2.45) is 0 Å². The van der Waals surface area contributed by atoms with Crippen LogP contribution in [0.15, 0.2) is 27.2 Å². The van der Waals surface area contributed by atoms with Crippen molar-refractivity contribution in [2.45, 2.75) is 6.61 Å². The van der Waals surface area contributed by atoms with Gasteiger partial charge in [-0.1, -0.05) is 11.2 Å². The number of benzene rings is 1. The number of aliphatic hydroxyl groups is 1. The highest BCUT2D eigenvalue weighted by Gasteiger charge is 2.15. The minimum absolute atomic E-state index is 0.0454. The lowest BCUT2D eigenvalue weighted by atomic mass is 10.2. The molecule has 0 saturated heterocycles. The first-order valence-corrected chi connectivity index (χ1v) is 4.89. The number of halogens is 2. The Morgan fingerprint density at radius 2 is 2.27 bits per heavy atom. The molecule has 0 aliphatic rings. The number of nitrogens with zero attached hydrogens (tertiary/aromatic N) is 2. The third-order valence-corrected chi connectivity index (χ3v) is 2.45. The number of aromatic nitrogens is 2. The molecule has 0 fully saturated rings. The fourth-order valence-electron chi connectivity index (χ4n) is 1.12. The van der Waals surface area contributed by atoms with E-state index in [1.165, 1.54) is 6.07 Å². The summed E-state index contributed by atoms with van der Waals surface area (Å²) in [7, 11) is 0. The zero-order chi connectivity index (χ0) is 10.8. The van der Waals surface area contributed by atoms with Crippen LogP contribution in [0, 0.1) is 5.82 Å². The molecule has 4 nitrogen and oxygen atoms in total. The molecule has 0 unspecified atom stereocenters. The fraction of sp³-hybridized carbons (Fsp3) is 0.111. The van der Waals surface area contributed by atoms with Crippen LogP contribution >= 0.6 is 15.9 Å². The molecule has 0 saturated carbocycles. The van der Waals surface area contributed by atoms with Crippen molar-refractivity contribution in [3.63, 3.8) is 0 Å². The van der Waals surface area contributed by atoms with Gasteiger partial charge in [-0.15, -0.1) is 0 Å². The topological polar surface area (TPSA) is 59.2 Å². The summed E-state index contributed by atoms with van der Waals surface area (Å²) in [6.07, 6.45) is 0. The van der Waals surface area contributed by atoms with Crippen molar-refractivity contribution in [1.82, 2.24) is 10.1 Å². The summed E-state index contributed by atoms with van der Waals surface area (Å²) < 4.78 is 18.8. The summed E-state index contributed by atoms with van der Waals surface area (Å²) in [4.78, 5) is 3.82. The second-order valence-corrected chi connectivity index (χ2v) is 3.62. The highest BCUT2D eigenvalue weighted by atomic mass is 79.9. The number of rotatable bonds is 2. The first kappa shape index (κ1) is 10.3. The average Bonchev–Trinajstić information content (AvgIpc) is 2.66. The molecule has 0 bridgehead atoms. The van der Waals surface area contributed by atoms with Crippen molar-refractivity contribution in [2.75, 3.05) is 0 Å². The zero-order valence-corrected chi connectivity index (χ0v) is 9.03. The van der Waals surface area contributed by atoms with E-state index in [9.17, 15) is 4.39 Å². The summed E-state index contributed by atoms with van der Waals surface area (Å²) >= 11 is 3.18. The molecule has 1 aromatic heterocycles. The van der Waals surface area contributed by atoms with Gasteiger partial charge in [0.05, 0.1) is 5.56 Å². The van der Waals surface area contributed by atoms with Crippen LogP contribution < -0.4 is 0 Å². The standard InChI is InChI=1S/C9H6BrFN2O2/c10-5-2-1-3-6(11)8(5)9-12-7(4-14)13-15-9/h1-3,14H,4H2. The lowest BCUT2D eigenvalue weighted by Gasteiger charge is -1.99. The van der Waals surface area contributed by atoms with Crippen LogP contribution in [-0.2, 0) is 6.61 Å². The minimum atomic E-state index is -0.461. The maximum atomic E-state index is 13.4. The van der Waals surface area contributed by atoms with E-state index < -0.39 is 5.82 Å². The molecular weight excluding hydrogens is 267 g/mol. The van der Waals surface area contributed by atoms with Crippen molar-refractivity contribution in [3.05, 3.63) is 34.3 Å². The largest absolute Gasteiger partial charge is 0.388 e. The maximum Gasteiger partial charge on any atom is 0.262 e. The van der Waals surface area contributed by atoms with Crippen molar-refractivity contribution >= 4 is 15.9 Å².